The van der Waals surface area contributed by atoms with Crippen molar-refractivity contribution in [1.29, 1.82) is 0 Å². The van der Waals surface area contributed by atoms with Crippen LogP contribution in [0, 0.1) is 0 Å². The molecule has 0 heterocycles. The molecule has 0 spiro atoms. The molecule has 3 heteroatoms. The van der Waals surface area contributed by atoms with E-state index in [1.807, 2.05) is 0 Å². The first kappa shape index (κ1) is 8.01. The van der Waals surface area contributed by atoms with Gasteiger partial charge >= 0.3 is 5.97 Å². The van der Waals surface area contributed by atoms with Gasteiger partial charge in [-0.05, 0) is 25.2 Å². The summed E-state index contributed by atoms with van der Waals surface area (Å²) in [6.07, 6.45) is 4.61. The lowest BCUT2D eigenvalue weighted by molar-refractivity contribution is -0.136. The molecule has 0 aromatic rings. The third-order valence-electron chi connectivity index (χ3n) is 1.28. The first-order chi connectivity index (χ1) is 4.99. The molecule has 1 rings (SSSR count). The maximum Gasteiger partial charge on any atom is 0.308 e. The summed E-state index contributed by atoms with van der Waals surface area (Å²) < 4.78 is 4.72. The molecule has 0 radical (unpaired) electrons. The summed E-state index contributed by atoms with van der Waals surface area (Å²) in [6, 6.07) is 0. The van der Waals surface area contributed by atoms with Crippen molar-refractivity contribution in [1.82, 2.24) is 0 Å². The van der Waals surface area contributed by atoms with E-state index < -0.39 is 5.60 Å². The number of carbonyl (C=O) groups excluding carboxylic acids is 1. The normalized spacial score (nSPS) is 28.5. The fourth-order valence-corrected chi connectivity index (χ4v) is 0.865. The number of hydrogen-bond acceptors (Lipinski definition) is 3. The van der Waals surface area contributed by atoms with Gasteiger partial charge in [-0.25, -0.2) is 0 Å². The lowest BCUT2D eigenvalue weighted by Crippen LogP contribution is -2.14. The zero-order valence-electron chi connectivity index (χ0n) is 6.50. The Kier molecular flexibility index (Phi) is 1.83. The molecule has 60 valence electrons. The Labute approximate surface area is 65.0 Å². The zero-order valence-corrected chi connectivity index (χ0v) is 6.50. The number of rotatable bonds is 1. The Bertz CT molecular complexity index is 236. The maximum absolute atomic E-state index is 10.4. The summed E-state index contributed by atoms with van der Waals surface area (Å²) in [5, 5.41) is 9.32. The summed E-state index contributed by atoms with van der Waals surface area (Å²) >= 11 is 0. The van der Waals surface area contributed by atoms with Crippen LogP contribution in [0.3, 0.4) is 0 Å². The number of esters is 1. The van der Waals surface area contributed by atoms with Gasteiger partial charge in [-0.1, -0.05) is 0 Å². The molecule has 0 fully saturated rings. The molecule has 11 heavy (non-hydrogen) atoms. The zero-order chi connectivity index (χ0) is 8.48. The van der Waals surface area contributed by atoms with Gasteiger partial charge in [-0.2, -0.15) is 0 Å². The molecule has 1 N–H and O–H groups in total. The highest BCUT2D eigenvalue weighted by Gasteiger charge is 2.20. The third-order valence-corrected chi connectivity index (χ3v) is 1.28. The fraction of sp³-hybridized carbons (Fsp3) is 0.375. The number of ether oxygens (including phenoxy) is 1. The van der Waals surface area contributed by atoms with Gasteiger partial charge in [0.1, 0.15) is 11.4 Å². The van der Waals surface area contributed by atoms with Gasteiger partial charge in [0.05, 0.1) is 0 Å². The van der Waals surface area contributed by atoms with E-state index in [0.717, 1.165) is 0 Å². The van der Waals surface area contributed by atoms with Crippen molar-refractivity contribution in [2.45, 2.75) is 19.4 Å². The molecule has 1 aliphatic rings. The Morgan fingerprint density at radius 1 is 1.73 bits per heavy atom. The van der Waals surface area contributed by atoms with E-state index in [1.165, 1.54) is 13.0 Å². The Morgan fingerprint density at radius 3 is 2.73 bits per heavy atom. The molecule has 1 aliphatic carbocycles. The van der Waals surface area contributed by atoms with E-state index >= 15 is 0 Å². The Balaban J connectivity index is 2.65. The Hall–Kier alpha value is -1.09. The average Bonchev–Trinajstić information content (AvgIpc) is 2.08. The second-order valence-electron chi connectivity index (χ2n) is 2.70. The smallest absolute Gasteiger partial charge is 0.308 e. The number of aliphatic hydroxyl groups is 1. The maximum atomic E-state index is 10.4. The molecular weight excluding hydrogens is 144 g/mol. The van der Waals surface area contributed by atoms with Crippen molar-refractivity contribution in [3.8, 4) is 0 Å². The molecular formula is C8H10O3. The van der Waals surface area contributed by atoms with Crippen molar-refractivity contribution in [3.05, 3.63) is 24.0 Å². The highest BCUT2D eigenvalue weighted by atomic mass is 16.5. The second-order valence-corrected chi connectivity index (χ2v) is 2.70. The standard InChI is InChI=1S/C8H10O3/c1-6(9)11-7-3-4-8(2,10)5-7/h3-5,10H,1-2H3. The molecule has 0 aromatic heterocycles. The SMILES string of the molecule is CC(=O)OC1=CC(C)(O)C=C1. The van der Waals surface area contributed by atoms with Crippen molar-refractivity contribution in [3.63, 3.8) is 0 Å². The monoisotopic (exact) mass is 154 g/mol. The van der Waals surface area contributed by atoms with Gasteiger partial charge in [0.2, 0.25) is 0 Å². The van der Waals surface area contributed by atoms with Crippen molar-refractivity contribution >= 4 is 5.97 Å². The minimum absolute atomic E-state index is 0.376. The second kappa shape index (κ2) is 2.51. The van der Waals surface area contributed by atoms with E-state index in [-0.39, 0.29) is 5.97 Å². The minimum atomic E-state index is -0.967. The van der Waals surface area contributed by atoms with Crippen LogP contribution in [-0.2, 0) is 9.53 Å². The molecule has 0 aliphatic heterocycles. The molecule has 0 bridgehead atoms. The quantitative estimate of drug-likeness (QED) is 0.567. The first-order valence-electron chi connectivity index (χ1n) is 3.32. The minimum Gasteiger partial charge on any atom is -0.427 e. The first-order valence-corrected chi connectivity index (χ1v) is 3.32. The van der Waals surface area contributed by atoms with Crippen LogP contribution in [0.4, 0.5) is 0 Å². The lowest BCUT2D eigenvalue weighted by atomic mass is 10.1. The summed E-state index contributed by atoms with van der Waals surface area (Å²) in [4.78, 5) is 10.4. The predicted octanol–water partition coefficient (Wildman–Crippen LogP) is 0.754. The number of carbonyl (C=O) groups is 1. The van der Waals surface area contributed by atoms with E-state index in [0.29, 0.717) is 5.76 Å². The van der Waals surface area contributed by atoms with Crippen LogP contribution >= 0.6 is 0 Å². The average molecular weight is 154 g/mol. The van der Waals surface area contributed by atoms with Crippen LogP contribution in [0.25, 0.3) is 0 Å². The van der Waals surface area contributed by atoms with Crippen molar-refractivity contribution in [2.24, 2.45) is 0 Å². The van der Waals surface area contributed by atoms with Crippen LogP contribution in [0.1, 0.15) is 13.8 Å². The van der Waals surface area contributed by atoms with Gasteiger partial charge in [0.25, 0.3) is 0 Å². The van der Waals surface area contributed by atoms with Gasteiger partial charge in [-0.3, -0.25) is 4.79 Å². The van der Waals surface area contributed by atoms with Gasteiger partial charge in [0.15, 0.2) is 0 Å². The van der Waals surface area contributed by atoms with Crippen LogP contribution < -0.4 is 0 Å². The van der Waals surface area contributed by atoms with Gasteiger partial charge in [0, 0.05) is 6.92 Å². The largest absolute Gasteiger partial charge is 0.427 e. The van der Waals surface area contributed by atoms with E-state index in [1.54, 1.807) is 19.1 Å². The lowest BCUT2D eigenvalue weighted by Gasteiger charge is -2.07. The third kappa shape index (κ3) is 2.20. The molecule has 0 saturated heterocycles. The Morgan fingerprint density at radius 2 is 2.36 bits per heavy atom. The summed E-state index contributed by atoms with van der Waals surface area (Å²) in [5.41, 5.74) is -0.967. The van der Waals surface area contributed by atoms with Crippen molar-refractivity contribution in [2.75, 3.05) is 0 Å². The molecule has 3 nitrogen and oxygen atoms in total. The van der Waals surface area contributed by atoms with Crippen LogP contribution in [0.15, 0.2) is 24.0 Å². The van der Waals surface area contributed by atoms with E-state index in [9.17, 15) is 9.90 Å². The number of hydrogen-bond donors (Lipinski definition) is 1. The van der Waals surface area contributed by atoms with Crippen LogP contribution in [0.5, 0.6) is 0 Å². The van der Waals surface area contributed by atoms with E-state index in [4.69, 9.17) is 4.74 Å². The summed E-state index contributed by atoms with van der Waals surface area (Å²) in [6.45, 7) is 2.93. The topological polar surface area (TPSA) is 46.5 Å². The molecule has 0 amide bonds. The van der Waals surface area contributed by atoms with E-state index in [2.05, 4.69) is 0 Å². The molecule has 0 aromatic carbocycles. The fourth-order valence-electron chi connectivity index (χ4n) is 0.865. The number of allylic oxidation sites excluding steroid dienone is 1. The molecule has 1 atom stereocenters. The van der Waals surface area contributed by atoms with Crippen LogP contribution in [-0.4, -0.2) is 16.7 Å². The van der Waals surface area contributed by atoms with Crippen molar-refractivity contribution < 1.29 is 14.6 Å². The molecule has 0 saturated carbocycles. The predicted molar refractivity (Wildman–Crippen MR) is 39.6 cm³/mol. The summed E-state index contributed by atoms with van der Waals surface area (Å²) in [5.74, 6) is 0.0288. The van der Waals surface area contributed by atoms with Crippen LogP contribution in [0.2, 0.25) is 0 Å². The van der Waals surface area contributed by atoms with Gasteiger partial charge < -0.3 is 9.84 Å². The summed E-state index contributed by atoms with van der Waals surface area (Å²) in [7, 11) is 0. The highest BCUT2D eigenvalue weighted by molar-refractivity contribution is 5.68. The molecule has 1 unspecified atom stereocenters. The highest BCUT2D eigenvalue weighted by Crippen LogP contribution is 2.20. The van der Waals surface area contributed by atoms with Gasteiger partial charge in [-0.15, -0.1) is 0 Å².